The van der Waals surface area contributed by atoms with Crippen LogP contribution >= 0.6 is 0 Å². The molecule has 0 atom stereocenters. The van der Waals surface area contributed by atoms with Crippen molar-refractivity contribution in [1.82, 2.24) is 58.1 Å². The zero-order valence-corrected chi connectivity index (χ0v) is 77.3. The first-order valence-corrected chi connectivity index (χ1v) is 39.1. The molecule has 0 radical (unpaired) electrons. The topological polar surface area (TPSA) is 279 Å². The minimum Gasteiger partial charge on any atom is -0.507 e. The van der Waals surface area contributed by atoms with Gasteiger partial charge in [-0.05, 0) is 109 Å². The number of nitrogens with zero attached hydrogens (tertiary/aromatic N) is 16. The van der Waals surface area contributed by atoms with Crippen LogP contribution < -0.4 is 0 Å². The minimum atomic E-state index is 0. The zero-order chi connectivity index (χ0) is 85.5. The van der Waals surface area contributed by atoms with E-state index in [9.17, 15) is 30.9 Å². The molecule has 20 aromatic rings. The Kier molecular flexibility index (Phi) is 28.6. The summed E-state index contributed by atoms with van der Waals surface area (Å²) in [7, 11) is 7.77. The number of rotatable bonds is 12. The fourth-order valence-electron chi connectivity index (χ4n) is 15.0. The molecule has 0 aliphatic rings. The normalized spacial score (nSPS) is 10.5. The molecule has 20 nitrogen and oxygen atoms in total. The summed E-state index contributed by atoms with van der Waals surface area (Å²) in [5, 5.41) is 68.9. The number of aryl methyl sites for hydroxylation is 4. The average Bonchev–Trinajstić information content (AvgIpc) is 1.63. The Balaban J connectivity index is 0.000000144. The van der Waals surface area contributed by atoms with Crippen LogP contribution in [0.5, 0.6) is 23.0 Å². The smallest absolute Gasteiger partial charge is 0.262 e. The number of aromatic nitrogens is 12. The third-order valence-electron chi connectivity index (χ3n) is 21.2. The minimum absolute atomic E-state index is 0. The number of pyridine rings is 4. The van der Waals surface area contributed by atoms with E-state index < -0.39 is 0 Å². The summed E-state index contributed by atoms with van der Waals surface area (Å²) < 4.78 is 7.93. The molecule has 24 heteroatoms. The molecular weight excluding hydrogens is 2320 g/mol. The van der Waals surface area contributed by atoms with Gasteiger partial charge in [0.2, 0.25) is 0 Å². The number of benzene rings is 12. The molecular formula is C104H68N16O4Pt4-4. The molecule has 128 heavy (non-hydrogen) atoms. The van der Waals surface area contributed by atoms with Gasteiger partial charge < -0.3 is 43.5 Å². The Hall–Kier alpha value is -15.0. The number of para-hydroxylation sites is 8. The van der Waals surface area contributed by atoms with E-state index in [1.807, 2.05) is 259 Å². The first-order valence-electron chi connectivity index (χ1n) is 39.1. The van der Waals surface area contributed by atoms with Crippen LogP contribution in [-0.2, 0) is 112 Å². The van der Waals surface area contributed by atoms with Gasteiger partial charge in [-0.1, -0.05) is 166 Å². The maximum absolute atomic E-state index is 10.3. The monoisotopic (exact) mass is 2380 g/mol. The Morgan fingerprint density at radius 1 is 0.297 bits per heavy atom. The Bertz CT molecular complexity index is 7500. The molecule has 0 spiro atoms. The van der Waals surface area contributed by atoms with Crippen LogP contribution in [0.3, 0.4) is 0 Å². The van der Waals surface area contributed by atoms with E-state index in [1.165, 1.54) is 0 Å². The van der Waals surface area contributed by atoms with E-state index in [0.717, 1.165) is 117 Å². The summed E-state index contributed by atoms with van der Waals surface area (Å²) in [6, 6.07) is 112. The van der Waals surface area contributed by atoms with Crippen LogP contribution in [0, 0.1) is 64.8 Å². The average molecular weight is 2390 g/mol. The summed E-state index contributed by atoms with van der Waals surface area (Å²) >= 11 is 0. The third kappa shape index (κ3) is 18.4. The van der Waals surface area contributed by atoms with Gasteiger partial charge in [-0.15, -0.1) is 119 Å². The van der Waals surface area contributed by atoms with Crippen LogP contribution in [-0.4, -0.2) is 78.6 Å². The first-order chi connectivity index (χ1) is 60.6. The second-order valence-electron chi connectivity index (χ2n) is 28.7. The number of phenolic OH excluding ortho intramolecular Hbond substituents is 4. The van der Waals surface area contributed by atoms with Gasteiger partial charge in [0.15, 0.2) is 0 Å². The maximum atomic E-state index is 10.3. The summed E-state index contributed by atoms with van der Waals surface area (Å²) in [6.07, 6.45) is 4.87. The molecule has 8 aromatic heterocycles. The SMILES string of the molecule is Cn1c(-c2ccccc2O)nc2c(-c3[c-]c(-c4cc(C#N)ccn4)ccc3)cccc21.Cn1c(-c2ccccc2O)nc2c(-c3[c-]c(-c4ccc(C#N)cn4)ccc3)cccc21.Cn1c(-c2ccccc2O)nc2c(-c3[c-]c(-c4ncccc4C#N)ccc3)cccc21.[C-]#[N+]c1cccc(-c2[c-]c(-c3cccc4c3nc(-c3ccccc3O)n4C)ccc2)n1.[Pt].[Pt].[Pt].[Pt]. The number of aromatic hydroxyl groups is 4. The molecule has 8 heterocycles. The second kappa shape index (κ2) is 40.3. The number of nitriles is 3. The van der Waals surface area contributed by atoms with E-state index >= 15 is 0 Å². The van der Waals surface area contributed by atoms with E-state index in [2.05, 4.69) is 67.3 Å². The second-order valence-corrected chi connectivity index (χ2v) is 28.7. The molecule has 20 rings (SSSR count). The Morgan fingerprint density at radius 2 is 0.641 bits per heavy atom. The molecule has 0 fully saturated rings. The molecule has 0 amide bonds. The van der Waals surface area contributed by atoms with Crippen molar-refractivity contribution in [3.63, 3.8) is 0 Å². The van der Waals surface area contributed by atoms with E-state index in [1.54, 1.807) is 104 Å². The molecule has 0 saturated carbocycles. The first kappa shape index (κ1) is 90.8. The van der Waals surface area contributed by atoms with Gasteiger partial charge in [-0.2, -0.15) is 20.8 Å². The zero-order valence-electron chi connectivity index (χ0n) is 68.2. The van der Waals surface area contributed by atoms with Crippen LogP contribution in [0.4, 0.5) is 5.82 Å². The van der Waals surface area contributed by atoms with Gasteiger partial charge in [0.05, 0.1) is 89.8 Å². The van der Waals surface area contributed by atoms with Crippen LogP contribution in [0.2, 0.25) is 0 Å². The number of imidazole rings is 4. The summed E-state index contributed by atoms with van der Waals surface area (Å²) in [5.41, 5.74) is 24.7. The van der Waals surface area contributed by atoms with Crippen LogP contribution in [0.15, 0.2) is 316 Å². The fraction of sp³-hybridized carbons (Fsp3) is 0.0385. The summed E-state index contributed by atoms with van der Waals surface area (Å²) in [6.45, 7) is 7.20. The van der Waals surface area contributed by atoms with Gasteiger partial charge >= 0.3 is 0 Å². The maximum Gasteiger partial charge on any atom is 0.262 e. The molecule has 0 bridgehead atoms. The third-order valence-corrected chi connectivity index (χ3v) is 21.2. The van der Waals surface area contributed by atoms with Crippen molar-refractivity contribution in [3.8, 4) is 176 Å². The van der Waals surface area contributed by atoms with Gasteiger partial charge in [0.1, 0.15) is 52.4 Å². The van der Waals surface area contributed by atoms with E-state index in [0.29, 0.717) is 85.1 Å². The molecule has 0 aliphatic heterocycles. The standard InChI is InChI=1S/4C26H17N4O.4Pt/c1-27-24-15-7-12-21(28-24)18-9-5-8-17(16-18)19-11-6-13-22-25(19)29-26(30(22)2)20-10-3-4-14-23(20)31;1-30-22-12-5-11-20(25(22)29-26(30)21-10-2-3-13-23(21)31)17-7-4-8-18(15-17)24-19(16-27)9-6-14-28-24;1-30-23-10-5-9-20(25(23)29-26(30)21-8-2-3-11-24(21)31)18-6-4-7-19(14-18)22-13-12-17(15-27)16-28-22;1-30-23-10-5-9-20(25(23)29-26(30)21-8-2-3-11-24(21)31)18-6-4-7-19(15-18)22-14-17(16-27)12-13-28-22;;;;/h3-15,31H,2H3;2-14,31H,1H3;2-13,16,31H,1H3;2-14,31H,1H3;;;;/q4*-1;;;;. The number of phenols is 4. The van der Waals surface area contributed by atoms with Crippen molar-refractivity contribution in [3.05, 3.63) is 368 Å². The van der Waals surface area contributed by atoms with Gasteiger partial charge in [-0.25, -0.2) is 19.9 Å². The fourth-order valence-corrected chi connectivity index (χ4v) is 15.0. The largest absolute Gasteiger partial charge is 0.507 e. The Morgan fingerprint density at radius 3 is 1.01 bits per heavy atom. The van der Waals surface area contributed by atoms with Crippen molar-refractivity contribution < 1.29 is 105 Å². The Labute approximate surface area is 794 Å². The van der Waals surface area contributed by atoms with Gasteiger partial charge in [0.25, 0.3) is 5.82 Å². The molecule has 4 N–H and O–H groups in total. The van der Waals surface area contributed by atoms with E-state index in [-0.39, 0.29) is 107 Å². The van der Waals surface area contributed by atoms with Crippen molar-refractivity contribution >= 4 is 50.0 Å². The van der Waals surface area contributed by atoms with Crippen molar-refractivity contribution in [2.45, 2.75) is 0 Å². The predicted molar refractivity (Wildman–Crippen MR) is 482 cm³/mol. The molecule has 0 unspecified atom stereocenters. The van der Waals surface area contributed by atoms with E-state index in [4.69, 9.17) is 31.8 Å². The molecule has 632 valence electrons. The number of hydrogen-bond donors (Lipinski definition) is 4. The van der Waals surface area contributed by atoms with Crippen molar-refractivity contribution in [1.29, 1.82) is 15.8 Å². The van der Waals surface area contributed by atoms with Crippen LogP contribution in [0.25, 0.3) is 184 Å². The summed E-state index contributed by atoms with van der Waals surface area (Å²) in [4.78, 5) is 40.5. The van der Waals surface area contributed by atoms with Gasteiger partial charge in [-0.3, -0.25) is 15.0 Å². The number of fused-ring (bicyclic) bond motifs is 4. The van der Waals surface area contributed by atoms with Gasteiger partial charge in [0, 0.05) is 159 Å². The van der Waals surface area contributed by atoms with Crippen molar-refractivity contribution in [2.24, 2.45) is 28.2 Å². The molecule has 0 saturated heterocycles. The molecule has 12 aromatic carbocycles. The predicted octanol–water partition coefficient (Wildman–Crippen LogP) is 22.1. The quantitative estimate of drug-likeness (QED) is 0.0828. The van der Waals surface area contributed by atoms with Crippen LogP contribution in [0.1, 0.15) is 16.7 Å². The number of hydrogen-bond acceptors (Lipinski definition) is 15. The van der Waals surface area contributed by atoms with Crippen molar-refractivity contribution in [2.75, 3.05) is 0 Å². The molecule has 0 aliphatic carbocycles. The summed E-state index contributed by atoms with van der Waals surface area (Å²) in [5.74, 6) is 3.91.